The van der Waals surface area contributed by atoms with Crippen molar-refractivity contribution in [1.29, 1.82) is 0 Å². The SMILES string of the molecule is CC(OC(=O)C1Cc2ccccc2S1)C(=O)Nc1cc(F)ccc1F. The zero-order chi connectivity index (χ0) is 18.0. The Morgan fingerprint density at radius 2 is 2.00 bits per heavy atom. The predicted octanol–water partition coefficient (Wildman–Crippen LogP) is 3.55. The molecule has 0 saturated carbocycles. The molecule has 0 aliphatic carbocycles. The Kier molecular flexibility index (Phi) is 5.03. The van der Waals surface area contributed by atoms with Crippen molar-refractivity contribution in [3.8, 4) is 0 Å². The van der Waals surface area contributed by atoms with Crippen molar-refractivity contribution in [2.45, 2.75) is 29.6 Å². The highest BCUT2D eigenvalue weighted by molar-refractivity contribution is 8.01. The van der Waals surface area contributed by atoms with Crippen LogP contribution in [0.4, 0.5) is 14.5 Å². The van der Waals surface area contributed by atoms with E-state index < -0.39 is 34.9 Å². The predicted molar refractivity (Wildman–Crippen MR) is 90.3 cm³/mol. The lowest BCUT2D eigenvalue weighted by Gasteiger charge is -2.16. The molecule has 0 spiro atoms. The quantitative estimate of drug-likeness (QED) is 0.844. The van der Waals surface area contributed by atoms with Gasteiger partial charge in [0.25, 0.3) is 5.91 Å². The van der Waals surface area contributed by atoms with Gasteiger partial charge in [0.05, 0.1) is 5.69 Å². The number of fused-ring (bicyclic) bond motifs is 1. The maximum Gasteiger partial charge on any atom is 0.320 e. The van der Waals surface area contributed by atoms with Crippen LogP contribution in [0, 0.1) is 11.6 Å². The van der Waals surface area contributed by atoms with E-state index in [1.165, 1.54) is 18.7 Å². The molecule has 4 nitrogen and oxygen atoms in total. The average Bonchev–Trinajstić information content (AvgIpc) is 3.02. The van der Waals surface area contributed by atoms with Crippen molar-refractivity contribution in [2.24, 2.45) is 0 Å². The molecule has 2 aromatic rings. The molecule has 2 atom stereocenters. The van der Waals surface area contributed by atoms with E-state index in [9.17, 15) is 18.4 Å². The second kappa shape index (κ2) is 7.23. The second-order valence-electron chi connectivity index (χ2n) is 5.61. The van der Waals surface area contributed by atoms with Gasteiger partial charge < -0.3 is 10.1 Å². The zero-order valence-corrected chi connectivity index (χ0v) is 14.1. The van der Waals surface area contributed by atoms with Crippen LogP contribution in [0.1, 0.15) is 12.5 Å². The maximum atomic E-state index is 13.6. The third kappa shape index (κ3) is 3.99. The van der Waals surface area contributed by atoms with Crippen molar-refractivity contribution in [2.75, 3.05) is 5.32 Å². The largest absolute Gasteiger partial charge is 0.452 e. The van der Waals surface area contributed by atoms with Gasteiger partial charge in [0.1, 0.15) is 16.9 Å². The summed E-state index contributed by atoms with van der Waals surface area (Å²) in [5.74, 6) is -2.68. The molecule has 1 heterocycles. The topological polar surface area (TPSA) is 55.4 Å². The van der Waals surface area contributed by atoms with Crippen molar-refractivity contribution < 1.29 is 23.1 Å². The number of esters is 1. The fraction of sp³-hybridized carbons (Fsp3) is 0.222. The Bertz CT molecular complexity index is 803. The molecule has 0 radical (unpaired) electrons. The molecule has 0 bridgehead atoms. The number of anilines is 1. The number of rotatable bonds is 4. The number of thioether (sulfide) groups is 1. The van der Waals surface area contributed by atoms with Gasteiger partial charge >= 0.3 is 5.97 Å². The van der Waals surface area contributed by atoms with Crippen molar-refractivity contribution in [1.82, 2.24) is 0 Å². The third-order valence-corrected chi connectivity index (χ3v) is 5.05. The molecule has 7 heteroatoms. The highest BCUT2D eigenvalue weighted by atomic mass is 32.2. The first kappa shape index (κ1) is 17.4. The summed E-state index contributed by atoms with van der Waals surface area (Å²) < 4.78 is 31.9. The molecular formula is C18H15F2NO3S. The Morgan fingerprint density at radius 3 is 2.76 bits per heavy atom. The van der Waals surface area contributed by atoms with Crippen LogP contribution in [0.3, 0.4) is 0 Å². The normalized spacial score (nSPS) is 16.8. The number of benzene rings is 2. The average molecular weight is 363 g/mol. The number of hydrogen-bond donors (Lipinski definition) is 1. The molecule has 2 unspecified atom stereocenters. The molecule has 0 aromatic heterocycles. The molecule has 130 valence electrons. The maximum absolute atomic E-state index is 13.6. The summed E-state index contributed by atoms with van der Waals surface area (Å²) in [5.41, 5.74) is 0.768. The lowest BCUT2D eigenvalue weighted by atomic mass is 10.1. The van der Waals surface area contributed by atoms with E-state index >= 15 is 0 Å². The summed E-state index contributed by atoms with van der Waals surface area (Å²) >= 11 is 1.39. The monoisotopic (exact) mass is 363 g/mol. The summed E-state index contributed by atoms with van der Waals surface area (Å²) in [6, 6.07) is 10.4. The van der Waals surface area contributed by atoms with Gasteiger partial charge in [0.15, 0.2) is 6.10 Å². The van der Waals surface area contributed by atoms with Crippen LogP contribution in [-0.4, -0.2) is 23.2 Å². The van der Waals surface area contributed by atoms with Gasteiger partial charge in [-0.05, 0) is 37.1 Å². The van der Waals surface area contributed by atoms with E-state index in [4.69, 9.17) is 4.74 Å². The van der Waals surface area contributed by atoms with Crippen LogP contribution in [0.15, 0.2) is 47.4 Å². The molecular weight excluding hydrogens is 348 g/mol. The zero-order valence-electron chi connectivity index (χ0n) is 13.3. The van der Waals surface area contributed by atoms with E-state index in [0.717, 1.165) is 28.7 Å². The van der Waals surface area contributed by atoms with E-state index in [1.54, 1.807) is 0 Å². The lowest BCUT2D eigenvalue weighted by molar-refractivity contribution is -0.152. The van der Waals surface area contributed by atoms with Crippen LogP contribution in [-0.2, 0) is 20.7 Å². The van der Waals surface area contributed by atoms with Crippen LogP contribution in [0.5, 0.6) is 0 Å². The van der Waals surface area contributed by atoms with E-state index in [1.807, 2.05) is 24.3 Å². The number of ether oxygens (including phenoxy) is 1. The van der Waals surface area contributed by atoms with Crippen molar-refractivity contribution in [3.63, 3.8) is 0 Å². The first-order valence-corrected chi connectivity index (χ1v) is 8.53. The summed E-state index contributed by atoms with van der Waals surface area (Å²) in [4.78, 5) is 25.3. The molecule has 1 aliphatic rings. The van der Waals surface area contributed by atoms with Gasteiger partial charge in [0, 0.05) is 11.0 Å². The number of nitrogens with one attached hydrogen (secondary N) is 1. The van der Waals surface area contributed by atoms with Crippen LogP contribution in [0.25, 0.3) is 0 Å². The van der Waals surface area contributed by atoms with E-state index in [2.05, 4.69) is 5.32 Å². The lowest BCUT2D eigenvalue weighted by Crippen LogP contribution is -2.33. The van der Waals surface area contributed by atoms with Gasteiger partial charge in [-0.15, -0.1) is 11.8 Å². The standard InChI is InChI=1S/C18H15F2NO3S/c1-10(17(22)21-14-9-12(19)6-7-13(14)20)24-18(23)16-8-11-4-2-3-5-15(11)25-16/h2-7,9-10,16H,8H2,1H3,(H,21,22). The number of carbonyl (C=O) groups is 2. The molecule has 3 rings (SSSR count). The number of hydrogen-bond acceptors (Lipinski definition) is 4. The van der Waals surface area contributed by atoms with Gasteiger partial charge in [-0.2, -0.15) is 0 Å². The Hall–Kier alpha value is -2.41. The molecule has 2 aromatic carbocycles. The summed E-state index contributed by atoms with van der Waals surface area (Å²) in [6.07, 6.45) is -0.591. The fourth-order valence-electron chi connectivity index (χ4n) is 2.44. The smallest absolute Gasteiger partial charge is 0.320 e. The van der Waals surface area contributed by atoms with Gasteiger partial charge in [-0.25, -0.2) is 8.78 Å². The number of halogens is 2. The molecule has 0 saturated heterocycles. The minimum atomic E-state index is -1.13. The van der Waals surface area contributed by atoms with Crippen molar-refractivity contribution >= 4 is 29.3 Å². The molecule has 1 N–H and O–H groups in total. The van der Waals surface area contributed by atoms with E-state index in [0.29, 0.717) is 6.42 Å². The molecule has 1 aliphatic heterocycles. The third-order valence-electron chi connectivity index (χ3n) is 3.76. The Balaban J connectivity index is 1.58. The Labute approximate surface area is 147 Å². The van der Waals surface area contributed by atoms with Crippen LogP contribution < -0.4 is 5.32 Å². The minimum absolute atomic E-state index is 0.296. The first-order chi connectivity index (χ1) is 11.9. The minimum Gasteiger partial charge on any atom is -0.452 e. The number of amides is 1. The first-order valence-electron chi connectivity index (χ1n) is 7.65. The summed E-state index contributed by atoms with van der Waals surface area (Å²) in [6.45, 7) is 1.39. The summed E-state index contributed by atoms with van der Waals surface area (Å²) in [5, 5.41) is 1.81. The van der Waals surface area contributed by atoms with Gasteiger partial charge in [0.2, 0.25) is 0 Å². The van der Waals surface area contributed by atoms with E-state index in [-0.39, 0.29) is 5.69 Å². The second-order valence-corrected chi connectivity index (χ2v) is 6.86. The molecule has 1 amide bonds. The fourth-order valence-corrected chi connectivity index (χ4v) is 3.63. The van der Waals surface area contributed by atoms with Gasteiger partial charge in [-0.1, -0.05) is 18.2 Å². The highest BCUT2D eigenvalue weighted by Crippen LogP contribution is 2.37. The summed E-state index contributed by atoms with van der Waals surface area (Å²) in [7, 11) is 0. The molecule has 0 fully saturated rings. The van der Waals surface area contributed by atoms with Crippen LogP contribution in [0.2, 0.25) is 0 Å². The molecule has 25 heavy (non-hydrogen) atoms. The Morgan fingerprint density at radius 1 is 1.24 bits per heavy atom. The van der Waals surface area contributed by atoms with Gasteiger partial charge in [-0.3, -0.25) is 9.59 Å². The highest BCUT2D eigenvalue weighted by Gasteiger charge is 2.31. The van der Waals surface area contributed by atoms with Crippen molar-refractivity contribution in [3.05, 3.63) is 59.7 Å². The number of carbonyl (C=O) groups excluding carboxylic acids is 2. The van der Waals surface area contributed by atoms with Crippen LogP contribution >= 0.6 is 11.8 Å².